The van der Waals surface area contributed by atoms with Crippen LogP contribution in [0, 0.1) is 10.1 Å². The van der Waals surface area contributed by atoms with Crippen molar-refractivity contribution in [3.05, 3.63) is 68.9 Å². The SMILES string of the molecule is CN(C)C(c1cccc([N+](=O)[O-])c1O)c1c[nH]c2cccc(Cl)c12. The highest BCUT2D eigenvalue weighted by atomic mass is 35.5. The van der Waals surface area contributed by atoms with Crippen LogP contribution in [0.15, 0.2) is 42.6 Å². The molecule has 0 radical (unpaired) electrons. The van der Waals surface area contributed by atoms with Crippen molar-refractivity contribution in [2.24, 2.45) is 0 Å². The Bertz CT molecular complexity index is 921. The van der Waals surface area contributed by atoms with E-state index in [9.17, 15) is 15.2 Å². The van der Waals surface area contributed by atoms with Gasteiger partial charge in [-0.1, -0.05) is 29.8 Å². The molecular weight excluding hydrogens is 330 g/mol. The topological polar surface area (TPSA) is 82.4 Å². The molecule has 0 bridgehead atoms. The molecule has 24 heavy (non-hydrogen) atoms. The predicted octanol–water partition coefficient (Wildman–Crippen LogP) is 4.09. The number of nitro benzene ring substituents is 1. The molecule has 0 amide bonds. The van der Waals surface area contributed by atoms with Gasteiger partial charge >= 0.3 is 5.69 Å². The third kappa shape index (κ3) is 2.60. The highest BCUT2D eigenvalue weighted by Crippen LogP contribution is 2.41. The Morgan fingerprint density at radius 2 is 1.92 bits per heavy atom. The van der Waals surface area contributed by atoms with E-state index in [1.54, 1.807) is 18.2 Å². The number of hydrogen-bond acceptors (Lipinski definition) is 4. The summed E-state index contributed by atoms with van der Waals surface area (Å²) in [5, 5.41) is 23.0. The molecule has 7 heteroatoms. The first-order valence-corrected chi connectivity index (χ1v) is 7.67. The number of phenolic OH excluding ortho intramolecular Hbond substituents is 1. The van der Waals surface area contributed by atoms with Gasteiger partial charge in [0.15, 0.2) is 5.75 Å². The summed E-state index contributed by atoms with van der Waals surface area (Å²) in [5.41, 5.74) is 1.85. The maximum absolute atomic E-state index is 11.1. The van der Waals surface area contributed by atoms with Gasteiger partial charge < -0.3 is 10.1 Å². The van der Waals surface area contributed by atoms with Gasteiger partial charge in [-0.15, -0.1) is 0 Å². The fourth-order valence-electron chi connectivity index (χ4n) is 3.02. The molecule has 1 unspecified atom stereocenters. The van der Waals surface area contributed by atoms with E-state index in [0.29, 0.717) is 10.6 Å². The largest absolute Gasteiger partial charge is 0.502 e. The second-order valence-electron chi connectivity index (χ2n) is 5.74. The number of aromatic nitrogens is 1. The maximum Gasteiger partial charge on any atom is 0.311 e. The normalized spacial score (nSPS) is 12.7. The molecule has 2 N–H and O–H groups in total. The Morgan fingerprint density at radius 3 is 2.58 bits per heavy atom. The molecule has 124 valence electrons. The first-order valence-electron chi connectivity index (χ1n) is 7.30. The van der Waals surface area contributed by atoms with Gasteiger partial charge in [-0.2, -0.15) is 0 Å². The molecular formula is C17H16ClN3O3. The van der Waals surface area contributed by atoms with Crippen molar-refractivity contribution in [2.45, 2.75) is 6.04 Å². The van der Waals surface area contributed by atoms with Crippen LogP contribution in [0.2, 0.25) is 5.02 Å². The number of rotatable bonds is 4. The first kappa shape index (κ1) is 16.3. The summed E-state index contributed by atoms with van der Waals surface area (Å²) in [4.78, 5) is 15.6. The van der Waals surface area contributed by atoms with Crippen molar-refractivity contribution in [1.29, 1.82) is 0 Å². The fourth-order valence-corrected chi connectivity index (χ4v) is 3.31. The van der Waals surface area contributed by atoms with Gasteiger partial charge in [0, 0.05) is 34.3 Å². The third-order valence-corrected chi connectivity index (χ3v) is 4.35. The molecule has 0 saturated heterocycles. The van der Waals surface area contributed by atoms with E-state index in [4.69, 9.17) is 11.6 Å². The Labute approximate surface area is 143 Å². The number of para-hydroxylation sites is 1. The molecule has 0 spiro atoms. The monoisotopic (exact) mass is 345 g/mol. The first-order chi connectivity index (χ1) is 11.4. The van der Waals surface area contributed by atoms with Crippen molar-refractivity contribution in [1.82, 2.24) is 9.88 Å². The summed E-state index contributed by atoms with van der Waals surface area (Å²) < 4.78 is 0. The number of nitrogens with one attached hydrogen (secondary N) is 1. The van der Waals surface area contributed by atoms with Gasteiger partial charge in [0.1, 0.15) is 0 Å². The lowest BCUT2D eigenvalue weighted by Crippen LogP contribution is -2.21. The second-order valence-corrected chi connectivity index (χ2v) is 6.15. The number of halogens is 1. The van der Waals surface area contributed by atoms with Crippen LogP contribution in [0.4, 0.5) is 5.69 Å². The summed E-state index contributed by atoms with van der Waals surface area (Å²) in [6.07, 6.45) is 1.82. The molecule has 0 aliphatic rings. The minimum atomic E-state index is -0.590. The molecule has 1 heterocycles. The van der Waals surface area contributed by atoms with Crippen molar-refractivity contribution < 1.29 is 10.0 Å². The zero-order valence-corrected chi connectivity index (χ0v) is 13.9. The van der Waals surface area contributed by atoms with E-state index >= 15 is 0 Å². The summed E-state index contributed by atoms with van der Waals surface area (Å²) >= 11 is 6.35. The van der Waals surface area contributed by atoms with Crippen LogP contribution in [-0.4, -0.2) is 34.0 Å². The van der Waals surface area contributed by atoms with Gasteiger partial charge in [-0.25, -0.2) is 0 Å². The summed E-state index contributed by atoms with van der Waals surface area (Å²) in [7, 11) is 3.69. The fraction of sp³-hybridized carbons (Fsp3) is 0.176. The van der Waals surface area contributed by atoms with Gasteiger partial charge in [0.05, 0.1) is 16.0 Å². The second kappa shape index (κ2) is 6.14. The number of fused-ring (bicyclic) bond motifs is 1. The Morgan fingerprint density at radius 1 is 1.21 bits per heavy atom. The van der Waals surface area contributed by atoms with E-state index in [1.807, 2.05) is 37.3 Å². The van der Waals surface area contributed by atoms with Gasteiger partial charge in [0.25, 0.3) is 0 Å². The highest BCUT2D eigenvalue weighted by molar-refractivity contribution is 6.35. The van der Waals surface area contributed by atoms with Crippen LogP contribution in [0.5, 0.6) is 5.75 Å². The van der Waals surface area contributed by atoms with E-state index < -0.39 is 11.0 Å². The number of aromatic amines is 1. The maximum atomic E-state index is 11.1. The van der Waals surface area contributed by atoms with Crippen LogP contribution in [0.25, 0.3) is 10.9 Å². The van der Waals surface area contributed by atoms with Crippen LogP contribution < -0.4 is 0 Å². The van der Waals surface area contributed by atoms with Crippen molar-refractivity contribution in [3.8, 4) is 5.75 Å². The lowest BCUT2D eigenvalue weighted by atomic mass is 9.96. The van der Waals surface area contributed by atoms with Crippen molar-refractivity contribution >= 4 is 28.2 Å². The number of phenols is 1. The third-order valence-electron chi connectivity index (χ3n) is 4.03. The average molecular weight is 346 g/mol. The van der Waals surface area contributed by atoms with Gasteiger partial charge in [0.2, 0.25) is 0 Å². The van der Waals surface area contributed by atoms with E-state index in [0.717, 1.165) is 16.5 Å². The summed E-state index contributed by atoms with van der Waals surface area (Å²) in [6.45, 7) is 0. The predicted molar refractivity (Wildman–Crippen MR) is 93.6 cm³/mol. The summed E-state index contributed by atoms with van der Waals surface area (Å²) in [5.74, 6) is -0.331. The molecule has 0 aliphatic carbocycles. The molecule has 1 aromatic heterocycles. The summed E-state index contributed by atoms with van der Waals surface area (Å²) in [6, 6.07) is 9.70. The molecule has 1 atom stereocenters. The molecule has 3 aromatic rings. The lowest BCUT2D eigenvalue weighted by molar-refractivity contribution is -0.386. The van der Waals surface area contributed by atoms with Crippen molar-refractivity contribution in [3.63, 3.8) is 0 Å². The number of nitrogens with zero attached hydrogens (tertiary/aromatic N) is 2. The average Bonchev–Trinajstić information content (AvgIpc) is 2.94. The van der Waals surface area contributed by atoms with Crippen LogP contribution in [-0.2, 0) is 0 Å². The molecule has 3 rings (SSSR count). The number of benzene rings is 2. The molecule has 2 aromatic carbocycles. The Hall–Kier alpha value is -2.57. The standard InChI is InChI=1S/C17H16ClN3O3/c1-20(2)16(10-5-3-8-14(17(10)22)21(23)24)11-9-19-13-7-4-6-12(18)15(11)13/h3-9,16,19,22H,1-2H3. The van der Waals surface area contributed by atoms with Crippen LogP contribution >= 0.6 is 11.6 Å². The molecule has 0 aliphatic heterocycles. The number of nitro groups is 1. The van der Waals surface area contributed by atoms with E-state index in [-0.39, 0.29) is 11.4 Å². The van der Waals surface area contributed by atoms with Crippen molar-refractivity contribution in [2.75, 3.05) is 14.1 Å². The minimum absolute atomic E-state index is 0.315. The quantitative estimate of drug-likeness (QED) is 0.551. The lowest BCUT2D eigenvalue weighted by Gasteiger charge is -2.25. The molecule has 6 nitrogen and oxygen atoms in total. The van der Waals surface area contributed by atoms with Crippen LogP contribution in [0.3, 0.4) is 0 Å². The zero-order valence-electron chi connectivity index (χ0n) is 13.2. The molecule has 0 saturated carbocycles. The van der Waals surface area contributed by atoms with E-state index in [1.165, 1.54) is 6.07 Å². The number of aromatic hydroxyl groups is 1. The minimum Gasteiger partial charge on any atom is -0.502 e. The number of H-pyrrole nitrogens is 1. The zero-order chi connectivity index (χ0) is 17.4. The Kier molecular flexibility index (Phi) is 4.17. The van der Waals surface area contributed by atoms with E-state index in [2.05, 4.69) is 4.98 Å². The van der Waals surface area contributed by atoms with Gasteiger partial charge in [-0.05, 0) is 26.2 Å². The number of hydrogen-bond donors (Lipinski definition) is 2. The van der Waals surface area contributed by atoms with Gasteiger partial charge in [-0.3, -0.25) is 15.0 Å². The molecule has 0 fully saturated rings. The van der Waals surface area contributed by atoms with Crippen LogP contribution in [0.1, 0.15) is 17.2 Å². The Balaban J connectivity index is 2.25. The smallest absolute Gasteiger partial charge is 0.311 e. The highest BCUT2D eigenvalue weighted by Gasteiger charge is 2.27.